The zero-order valence-electron chi connectivity index (χ0n) is 40.0. The van der Waals surface area contributed by atoms with Crippen molar-refractivity contribution >= 4 is 36.3 Å². The normalized spacial score (nSPS) is 28.3. The van der Waals surface area contributed by atoms with E-state index in [4.69, 9.17) is 24.5 Å². The van der Waals surface area contributed by atoms with Gasteiger partial charge in [0.25, 0.3) is 0 Å². The van der Waals surface area contributed by atoms with Gasteiger partial charge < -0.3 is 35.1 Å². The summed E-state index contributed by atoms with van der Waals surface area (Å²) in [5, 5.41) is 5.85. The molecule has 2 heterocycles. The van der Waals surface area contributed by atoms with Crippen LogP contribution in [0.15, 0.2) is 48.5 Å². The van der Waals surface area contributed by atoms with E-state index in [1.165, 1.54) is 5.56 Å². The van der Waals surface area contributed by atoms with Crippen LogP contribution in [0.1, 0.15) is 141 Å². The first-order valence-electron chi connectivity index (χ1n) is 24.7. The molecule has 13 heteroatoms. The van der Waals surface area contributed by atoms with Crippen molar-refractivity contribution in [2.45, 2.75) is 161 Å². The van der Waals surface area contributed by atoms with E-state index in [1.54, 1.807) is 19.1 Å². The number of nitrogens with two attached hydrogens (primary N) is 1. The number of carbonyl (C=O) groups excluding carboxylic acids is 5. The fraction of sp³-hybridized carbons (Fsp3) is 0.673. The predicted molar refractivity (Wildman–Crippen MR) is 253 cm³/mol. The zero-order valence-corrected chi connectivity index (χ0v) is 40.0. The topological polar surface area (TPSA) is 172 Å². The van der Waals surface area contributed by atoms with Crippen molar-refractivity contribution < 1.29 is 42.8 Å². The van der Waals surface area contributed by atoms with E-state index in [9.17, 15) is 24.0 Å². The fourth-order valence-electron chi connectivity index (χ4n) is 10.6. The van der Waals surface area contributed by atoms with E-state index in [-0.39, 0.29) is 72.8 Å². The Labute approximate surface area is 388 Å². The first kappa shape index (κ1) is 50.7. The lowest BCUT2D eigenvalue weighted by molar-refractivity contribution is -0.199. The van der Waals surface area contributed by atoms with Gasteiger partial charge in [0.15, 0.2) is 17.3 Å². The minimum Gasteiger partial charge on any atom is -0.405 e. The van der Waals surface area contributed by atoms with E-state index in [1.807, 2.05) is 19.1 Å². The molecule has 2 amide bonds. The van der Waals surface area contributed by atoms with Crippen LogP contribution in [0.5, 0.6) is 0 Å². The Morgan fingerprint density at radius 2 is 1.60 bits per heavy atom. The van der Waals surface area contributed by atoms with E-state index >= 15 is 0 Å². The molecule has 2 aromatic rings. The van der Waals surface area contributed by atoms with Gasteiger partial charge in [0.1, 0.15) is 6.04 Å². The zero-order chi connectivity index (χ0) is 46.7. The number of amides is 2. The molecule has 0 radical (unpaired) electrons. The van der Waals surface area contributed by atoms with Gasteiger partial charge in [0.05, 0.1) is 24.4 Å². The van der Waals surface area contributed by atoms with Crippen LogP contribution >= 0.6 is 0 Å². The van der Waals surface area contributed by atoms with Gasteiger partial charge in [-0.2, -0.15) is 0 Å². The number of hydrogen-bond acceptors (Lipinski definition) is 10. The second-order valence-corrected chi connectivity index (χ2v) is 20.3. The number of aryl methyl sites for hydroxylation is 1. The second kappa shape index (κ2) is 23.3. The Bertz CT molecular complexity index is 1920. The summed E-state index contributed by atoms with van der Waals surface area (Å²) < 4.78 is 25.0. The Hall–Kier alpha value is -3.75. The van der Waals surface area contributed by atoms with Crippen LogP contribution in [0, 0.1) is 29.1 Å². The molecular weight excluding hydrogens is 821 g/mol. The maximum atomic E-state index is 14.0. The van der Waals surface area contributed by atoms with E-state index in [0.29, 0.717) is 75.7 Å². The monoisotopic (exact) mass is 898 g/mol. The van der Waals surface area contributed by atoms with Gasteiger partial charge in [0.2, 0.25) is 11.8 Å². The molecule has 9 atom stereocenters. The first-order valence-corrected chi connectivity index (χ1v) is 24.7. The smallest absolute Gasteiger partial charge is 0.405 e. The van der Waals surface area contributed by atoms with Gasteiger partial charge >= 0.3 is 7.12 Å². The standard InChI is InChI=1S/C52H76BN3O9/c1-7-8-13-36-15-17-37(18-16-36)38-19-21-39(22-20-38)44(57)30-40(14-9-10-24-54)50(61)56-43-33-63-26-12-11-25-62-27-23-42(55-49(60)34(2)28-45(43)58)46(59)29-35(3)53-64-48-32-41-31-47(51(41,4)5)52(48,6)65-53/h15-22,34-35,40-43,47-48H,7-14,23-33,54H2,1-6H3,(H,55,60)(H,56,61)/t34-,35-,40-,41+,42+,43+,47+,48-,52+/m1/s1. The highest BCUT2D eigenvalue weighted by Gasteiger charge is 2.68. The molecule has 0 unspecified atom stereocenters. The molecule has 65 heavy (non-hydrogen) atoms. The summed E-state index contributed by atoms with van der Waals surface area (Å²) in [6, 6.07) is 14.1. The quantitative estimate of drug-likeness (QED) is 0.0806. The average Bonchev–Trinajstić information content (AvgIpc) is 3.66. The van der Waals surface area contributed by atoms with E-state index in [0.717, 1.165) is 43.2 Å². The van der Waals surface area contributed by atoms with Gasteiger partial charge in [-0.05, 0) is 111 Å². The van der Waals surface area contributed by atoms with Crippen molar-refractivity contribution in [3.8, 4) is 11.1 Å². The Balaban J connectivity index is 1.07. The third kappa shape index (κ3) is 12.8. The molecule has 0 aromatic heterocycles. The highest BCUT2D eigenvalue weighted by Crippen LogP contribution is 2.66. The van der Waals surface area contributed by atoms with Crippen LogP contribution in [-0.2, 0) is 44.4 Å². The maximum absolute atomic E-state index is 14.0. The van der Waals surface area contributed by atoms with Crippen LogP contribution in [0.25, 0.3) is 11.1 Å². The summed E-state index contributed by atoms with van der Waals surface area (Å²) in [4.78, 5) is 69.4. The summed E-state index contributed by atoms with van der Waals surface area (Å²) in [6.07, 6.45) is 8.80. The molecule has 4 N–H and O–H groups in total. The molecule has 2 aromatic carbocycles. The summed E-state index contributed by atoms with van der Waals surface area (Å²) in [5.74, 6) is -2.22. The molecular formula is C52H76BN3O9. The van der Waals surface area contributed by atoms with Gasteiger partial charge in [-0.15, -0.1) is 0 Å². The van der Waals surface area contributed by atoms with Gasteiger partial charge in [-0.1, -0.05) is 96.0 Å². The molecule has 12 nitrogen and oxygen atoms in total. The minimum absolute atomic E-state index is 0.00651. The Morgan fingerprint density at radius 1 is 0.908 bits per heavy atom. The average molecular weight is 898 g/mol. The number of hydrogen-bond donors (Lipinski definition) is 3. The van der Waals surface area contributed by atoms with Crippen molar-refractivity contribution in [3.05, 3.63) is 59.7 Å². The predicted octanol–water partition coefficient (Wildman–Crippen LogP) is 7.87. The fourth-order valence-corrected chi connectivity index (χ4v) is 10.6. The number of nitrogens with one attached hydrogen (secondary N) is 2. The summed E-state index contributed by atoms with van der Waals surface area (Å²) in [7, 11) is -0.512. The van der Waals surface area contributed by atoms with Crippen molar-refractivity contribution in [2.75, 3.05) is 33.0 Å². The van der Waals surface area contributed by atoms with Gasteiger partial charge in [-0.3, -0.25) is 24.0 Å². The number of ether oxygens (including phenoxy) is 2. The molecule has 2 saturated heterocycles. The number of rotatable bonds is 17. The number of carbonyl (C=O) groups is 5. The van der Waals surface area contributed by atoms with E-state index < -0.39 is 42.9 Å². The number of ketones is 3. The highest BCUT2D eigenvalue weighted by atomic mass is 16.7. The SMILES string of the molecule is CCCCc1ccc(-c2ccc(C(=O)C[C@@H](CCCCN)C(=O)N[C@H]3COCCCCOCC[C@@H](C(=O)C[C@@H](C)B4O[C@@H]5C[C@@H]6C[C@@H](C6(C)C)[C@]5(C)O4)NC(=O)[C@H](C)CC3=O)cc2)cc1. The number of benzene rings is 2. The number of unbranched alkanes of at least 4 members (excludes halogenated alkanes) is 2. The Morgan fingerprint density at radius 3 is 2.28 bits per heavy atom. The number of Topliss-reactive ketones (excluding diaryl/α,β-unsaturated/α-hetero) is 3. The molecule has 0 spiro atoms. The molecule has 3 saturated carbocycles. The lowest BCUT2D eigenvalue weighted by atomic mass is 9.43. The van der Waals surface area contributed by atoms with Crippen molar-refractivity contribution in [1.82, 2.24) is 10.6 Å². The van der Waals surface area contributed by atoms with Crippen LogP contribution in [0.3, 0.4) is 0 Å². The lowest BCUT2D eigenvalue weighted by Crippen LogP contribution is -2.65. The third-order valence-corrected chi connectivity index (χ3v) is 15.1. The summed E-state index contributed by atoms with van der Waals surface area (Å²) in [5.41, 5.74) is 9.51. The molecule has 7 rings (SSSR count). The van der Waals surface area contributed by atoms with E-state index in [2.05, 4.69) is 62.6 Å². The molecule has 3 aliphatic carbocycles. The largest absolute Gasteiger partial charge is 0.461 e. The summed E-state index contributed by atoms with van der Waals surface area (Å²) >= 11 is 0. The third-order valence-electron chi connectivity index (χ3n) is 15.1. The molecule has 5 aliphatic rings. The second-order valence-electron chi connectivity index (χ2n) is 20.3. The highest BCUT2D eigenvalue weighted by molar-refractivity contribution is 6.47. The molecule has 5 fully saturated rings. The van der Waals surface area contributed by atoms with Crippen molar-refractivity contribution in [1.29, 1.82) is 0 Å². The molecule has 356 valence electrons. The van der Waals surface area contributed by atoms with Crippen molar-refractivity contribution in [3.63, 3.8) is 0 Å². The van der Waals surface area contributed by atoms with Crippen molar-refractivity contribution in [2.24, 2.45) is 34.8 Å². The van der Waals surface area contributed by atoms with Gasteiger partial charge in [-0.25, -0.2) is 0 Å². The first-order chi connectivity index (χ1) is 31.1. The summed E-state index contributed by atoms with van der Waals surface area (Å²) in [6.45, 7) is 14.1. The molecule has 2 bridgehead atoms. The minimum atomic E-state index is -1.03. The Kier molecular flexibility index (Phi) is 18.2. The van der Waals surface area contributed by atoms with Crippen LogP contribution in [0.2, 0.25) is 5.82 Å². The maximum Gasteiger partial charge on any atom is 0.461 e. The van der Waals surface area contributed by atoms with Crippen LogP contribution in [-0.4, -0.2) is 93.0 Å². The molecule has 2 aliphatic heterocycles. The van der Waals surface area contributed by atoms with Gasteiger partial charge in [0, 0.05) is 56.5 Å². The lowest BCUT2D eigenvalue weighted by Gasteiger charge is -2.64. The van der Waals surface area contributed by atoms with Crippen LogP contribution < -0.4 is 16.4 Å². The van der Waals surface area contributed by atoms with Crippen LogP contribution in [0.4, 0.5) is 0 Å².